The highest BCUT2D eigenvalue weighted by atomic mass is 19.3. The zero-order valence-corrected chi connectivity index (χ0v) is 10.2. The van der Waals surface area contributed by atoms with Crippen LogP contribution in [-0.2, 0) is 5.54 Å². The van der Waals surface area contributed by atoms with E-state index in [4.69, 9.17) is 10.5 Å². The summed E-state index contributed by atoms with van der Waals surface area (Å²) in [6.07, 6.45) is -0.155. The fourth-order valence-electron chi connectivity index (χ4n) is 2.41. The Morgan fingerprint density at radius 2 is 1.78 bits per heavy atom. The predicted molar refractivity (Wildman–Crippen MR) is 62.2 cm³/mol. The molecule has 0 saturated heterocycles. The quantitative estimate of drug-likeness (QED) is 0.885. The summed E-state index contributed by atoms with van der Waals surface area (Å²) in [5.41, 5.74) is 5.93. The molecule has 5 heteroatoms. The number of benzene rings is 1. The zero-order chi connectivity index (χ0) is 13.4. The first kappa shape index (κ1) is 13.2. The monoisotopic (exact) mass is 259 g/mol. The third-order valence-corrected chi connectivity index (χ3v) is 3.57. The van der Waals surface area contributed by atoms with Crippen LogP contribution in [0.4, 0.5) is 13.2 Å². The summed E-state index contributed by atoms with van der Waals surface area (Å²) in [4.78, 5) is 0. The molecule has 0 unspecified atom stereocenters. The third-order valence-electron chi connectivity index (χ3n) is 3.57. The molecule has 0 aromatic heterocycles. The summed E-state index contributed by atoms with van der Waals surface area (Å²) in [5.74, 6) is -2.75. The number of methoxy groups -OCH3 is 1. The first-order chi connectivity index (χ1) is 8.36. The molecule has 0 spiro atoms. The van der Waals surface area contributed by atoms with Crippen molar-refractivity contribution in [3.8, 4) is 5.75 Å². The second-order valence-electron chi connectivity index (χ2n) is 4.86. The fraction of sp³-hybridized carbons (Fsp3) is 0.538. The van der Waals surface area contributed by atoms with E-state index in [2.05, 4.69) is 0 Å². The van der Waals surface area contributed by atoms with E-state index in [0.29, 0.717) is 11.3 Å². The Bertz CT molecular complexity index is 438. The minimum atomic E-state index is -2.64. The van der Waals surface area contributed by atoms with Crippen molar-refractivity contribution in [2.24, 2.45) is 5.73 Å². The second-order valence-corrected chi connectivity index (χ2v) is 4.86. The van der Waals surface area contributed by atoms with E-state index >= 15 is 0 Å². The van der Waals surface area contributed by atoms with E-state index < -0.39 is 17.3 Å². The minimum Gasteiger partial charge on any atom is -0.496 e. The van der Waals surface area contributed by atoms with Crippen LogP contribution in [0.25, 0.3) is 0 Å². The van der Waals surface area contributed by atoms with Crippen LogP contribution in [0.15, 0.2) is 18.2 Å². The molecule has 1 aliphatic carbocycles. The van der Waals surface area contributed by atoms with Crippen molar-refractivity contribution < 1.29 is 17.9 Å². The topological polar surface area (TPSA) is 35.2 Å². The van der Waals surface area contributed by atoms with Crippen LogP contribution < -0.4 is 10.5 Å². The maximum atomic E-state index is 13.2. The van der Waals surface area contributed by atoms with E-state index in [9.17, 15) is 13.2 Å². The van der Waals surface area contributed by atoms with Crippen LogP contribution in [-0.4, -0.2) is 13.0 Å². The zero-order valence-electron chi connectivity index (χ0n) is 10.2. The summed E-state index contributed by atoms with van der Waals surface area (Å²) in [7, 11) is 1.42. The summed E-state index contributed by atoms with van der Waals surface area (Å²) >= 11 is 0. The minimum absolute atomic E-state index is 0.169. The molecule has 100 valence electrons. The maximum Gasteiger partial charge on any atom is 0.248 e. The Kier molecular flexibility index (Phi) is 3.27. The van der Waals surface area contributed by atoms with E-state index in [-0.39, 0.29) is 25.7 Å². The van der Waals surface area contributed by atoms with Gasteiger partial charge in [-0.3, -0.25) is 0 Å². The molecule has 0 heterocycles. The summed E-state index contributed by atoms with van der Waals surface area (Å²) in [5, 5.41) is 0. The lowest BCUT2D eigenvalue weighted by Gasteiger charge is -2.38. The van der Waals surface area contributed by atoms with Gasteiger partial charge in [0.25, 0.3) is 0 Å². The number of halogens is 3. The van der Waals surface area contributed by atoms with Crippen LogP contribution >= 0.6 is 0 Å². The van der Waals surface area contributed by atoms with Crippen molar-refractivity contribution in [2.75, 3.05) is 7.11 Å². The molecule has 2 N–H and O–H groups in total. The molecule has 0 bridgehead atoms. The first-order valence-electron chi connectivity index (χ1n) is 5.87. The molecule has 2 rings (SSSR count). The summed E-state index contributed by atoms with van der Waals surface area (Å²) in [6, 6.07) is 4.04. The second kappa shape index (κ2) is 4.46. The normalized spacial score (nSPS) is 21.6. The highest BCUT2D eigenvalue weighted by Gasteiger charge is 2.43. The average molecular weight is 259 g/mol. The van der Waals surface area contributed by atoms with Gasteiger partial charge in [0.1, 0.15) is 11.6 Å². The van der Waals surface area contributed by atoms with Gasteiger partial charge in [0.2, 0.25) is 5.92 Å². The van der Waals surface area contributed by atoms with E-state index in [1.807, 2.05) is 0 Å². The lowest BCUT2D eigenvalue weighted by Crippen LogP contribution is -2.43. The van der Waals surface area contributed by atoms with Crippen molar-refractivity contribution in [1.29, 1.82) is 0 Å². The number of alkyl halides is 2. The lowest BCUT2D eigenvalue weighted by atomic mass is 9.75. The molecule has 2 nitrogen and oxygen atoms in total. The standard InChI is InChI=1S/C13H16F3NO/c1-18-11-8-9(14)2-3-10(11)12(17)4-6-13(15,16)7-5-12/h2-3,8H,4-7,17H2,1H3. The molecular formula is C13H16F3NO. The van der Waals surface area contributed by atoms with E-state index in [1.54, 1.807) is 0 Å². The Morgan fingerprint density at radius 1 is 1.17 bits per heavy atom. The Labute approximate surface area is 104 Å². The van der Waals surface area contributed by atoms with Crippen LogP contribution in [0.3, 0.4) is 0 Å². The van der Waals surface area contributed by atoms with E-state index in [1.165, 1.54) is 25.3 Å². The Hall–Kier alpha value is -1.23. The van der Waals surface area contributed by atoms with Crippen molar-refractivity contribution >= 4 is 0 Å². The molecule has 1 saturated carbocycles. The largest absolute Gasteiger partial charge is 0.496 e. The van der Waals surface area contributed by atoms with Gasteiger partial charge in [-0.2, -0.15) is 0 Å². The maximum absolute atomic E-state index is 13.2. The summed E-state index contributed by atoms with van der Waals surface area (Å²) in [6.45, 7) is 0. The van der Waals surface area contributed by atoms with Gasteiger partial charge < -0.3 is 10.5 Å². The van der Waals surface area contributed by atoms with Gasteiger partial charge in [-0.05, 0) is 18.9 Å². The molecule has 0 amide bonds. The lowest BCUT2D eigenvalue weighted by molar-refractivity contribution is -0.0516. The van der Waals surface area contributed by atoms with Crippen LogP contribution in [0.2, 0.25) is 0 Å². The van der Waals surface area contributed by atoms with Gasteiger partial charge in [-0.25, -0.2) is 13.2 Å². The van der Waals surface area contributed by atoms with Crippen LogP contribution in [0, 0.1) is 5.82 Å². The number of nitrogens with two attached hydrogens (primary N) is 1. The predicted octanol–water partition coefficient (Wildman–Crippen LogP) is 3.20. The molecule has 1 aliphatic rings. The van der Waals surface area contributed by atoms with E-state index in [0.717, 1.165) is 0 Å². The van der Waals surface area contributed by atoms with Crippen molar-refractivity contribution in [2.45, 2.75) is 37.1 Å². The number of hydrogen-bond donors (Lipinski definition) is 1. The molecule has 0 atom stereocenters. The molecule has 1 fully saturated rings. The summed E-state index contributed by atoms with van der Waals surface area (Å²) < 4.78 is 44.5. The average Bonchev–Trinajstić information content (AvgIpc) is 2.33. The van der Waals surface area contributed by atoms with Gasteiger partial charge in [0.05, 0.1) is 7.11 Å². The molecule has 18 heavy (non-hydrogen) atoms. The number of rotatable bonds is 2. The molecular weight excluding hydrogens is 243 g/mol. The molecule has 1 aromatic rings. The van der Waals surface area contributed by atoms with Crippen LogP contribution in [0.5, 0.6) is 5.75 Å². The first-order valence-corrected chi connectivity index (χ1v) is 5.87. The highest BCUT2D eigenvalue weighted by Crippen LogP contribution is 2.44. The van der Waals surface area contributed by atoms with Crippen molar-refractivity contribution in [3.05, 3.63) is 29.6 Å². The number of ether oxygens (including phenoxy) is 1. The Morgan fingerprint density at radius 3 is 2.33 bits per heavy atom. The van der Waals surface area contributed by atoms with Gasteiger partial charge in [0.15, 0.2) is 0 Å². The highest BCUT2D eigenvalue weighted by molar-refractivity contribution is 5.40. The van der Waals surface area contributed by atoms with Gasteiger partial charge in [0, 0.05) is 30.0 Å². The van der Waals surface area contributed by atoms with Gasteiger partial charge in [-0.1, -0.05) is 6.07 Å². The molecule has 0 radical (unpaired) electrons. The number of hydrogen-bond acceptors (Lipinski definition) is 2. The van der Waals surface area contributed by atoms with Crippen molar-refractivity contribution in [1.82, 2.24) is 0 Å². The van der Waals surface area contributed by atoms with Crippen LogP contribution in [0.1, 0.15) is 31.2 Å². The fourth-order valence-corrected chi connectivity index (χ4v) is 2.41. The molecule has 0 aliphatic heterocycles. The van der Waals surface area contributed by atoms with Gasteiger partial charge in [-0.15, -0.1) is 0 Å². The van der Waals surface area contributed by atoms with Crippen molar-refractivity contribution in [3.63, 3.8) is 0 Å². The SMILES string of the molecule is COc1cc(F)ccc1C1(N)CCC(F)(F)CC1. The smallest absolute Gasteiger partial charge is 0.248 e. The Balaban J connectivity index is 2.31. The third kappa shape index (κ3) is 2.46. The molecule has 1 aromatic carbocycles. The van der Waals surface area contributed by atoms with Gasteiger partial charge >= 0.3 is 0 Å².